The number of carboxylic acids is 4. The molecule has 4 saturated carbocycles. The third kappa shape index (κ3) is 12.7. The van der Waals surface area contributed by atoms with E-state index < -0.39 is 96.1 Å². The number of phenols is 2. The van der Waals surface area contributed by atoms with Crippen LogP contribution in [0.1, 0.15) is 182 Å². The number of carboxylic acid groups (broad SMARTS) is 4. The Morgan fingerprint density at radius 1 is 0.676 bits per heavy atom. The first-order valence-corrected chi connectivity index (χ1v) is 26.5. The predicted octanol–water partition coefficient (Wildman–Crippen LogP) is 11.4. The third-order valence-electron chi connectivity index (χ3n) is 17.6. The molecule has 2 amide bonds. The standard InChI is InChI=1S/C55H74Cl2N2O12/c1-29(2)8-6-9-30(3)39-14-15-40-36-13-12-34-24-31(20-22-54(34,4)41(36)21-23-55(39,40)5)10-7-11-35(32-25-37(48(64)42(56)27-32)50(66)58-44(52(68)69)16-18-46(60)61)33-26-38(49(65)43(57)28-33)51(67)59-45(53(70)71)17-19-47(62)63/h11,25-31,34,36,39-41,44-45,64-65H,6-10,12-24H2,1-5H3,(H,58,66)(H,59,67)(H,60,61)(H,62,63)(H,68,69)(H,70,71)/t30?,31-,34?,36?,39+,40?,41?,44-,45-,54-,55+/m0/s1. The van der Waals surface area contributed by atoms with Crippen molar-refractivity contribution >= 4 is 64.5 Å². The van der Waals surface area contributed by atoms with Gasteiger partial charge >= 0.3 is 23.9 Å². The monoisotopic (exact) mass is 1020 g/mol. The summed E-state index contributed by atoms with van der Waals surface area (Å²) in [5.41, 5.74) is 0.724. The molecule has 390 valence electrons. The van der Waals surface area contributed by atoms with Gasteiger partial charge in [-0.15, -0.1) is 0 Å². The smallest absolute Gasteiger partial charge is 0.326 e. The summed E-state index contributed by atoms with van der Waals surface area (Å²) < 4.78 is 0. The lowest BCUT2D eigenvalue weighted by Crippen LogP contribution is -2.53. The molecule has 8 N–H and O–H groups in total. The number of carbonyl (C=O) groups excluding carboxylic acids is 2. The first-order chi connectivity index (χ1) is 33.4. The van der Waals surface area contributed by atoms with Crippen LogP contribution >= 0.6 is 23.2 Å². The van der Waals surface area contributed by atoms with Crippen LogP contribution in [0.5, 0.6) is 11.5 Å². The van der Waals surface area contributed by atoms with Crippen molar-refractivity contribution in [2.24, 2.45) is 58.2 Å². The summed E-state index contributed by atoms with van der Waals surface area (Å²) in [6, 6.07) is 2.10. The summed E-state index contributed by atoms with van der Waals surface area (Å²) in [6.45, 7) is 12.4. The van der Waals surface area contributed by atoms with Crippen molar-refractivity contribution in [1.29, 1.82) is 0 Å². The highest BCUT2D eigenvalue weighted by molar-refractivity contribution is 6.33. The normalized spacial score (nSPS) is 27.0. The second kappa shape index (κ2) is 23.4. The Balaban J connectivity index is 1.26. The summed E-state index contributed by atoms with van der Waals surface area (Å²) in [6.07, 6.45) is 16.4. The van der Waals surface area contributed by atoms with Gasteiger partial charge in [0.1, 0.15) is 23.6 Å². The van der Waals surface area contributed by atoms with Crippen molar-refractivity contribution in [3.05, 3.63) is 62.6 Å². The molecule has 4 aliphatic carbocycles. The van der Waals surface area contributed by atoms with Gasteiger partial charge in [-0.3, -0.25) is 19.2 Å². The minimum absolute atomic E-state index is 0.242. The highest BCUT2D eigenvalue weighted by Gasteiger charge is 2.60. The zero-order valence-corrected chi connectivity index (χ0v) is 43.3. The molecule has 0 aliphatic heterocycles. The summed E-state index contributed by atoms with van der Waals surface area (Å²) in [7, 11) is 0. The molecular weight excluding hydrogens is 952 g/mol. The van der Waals surface area contributed by atoms with Gasteiger partial charge in [-0.2, -0.15) is 0 Å². The number of aliphatic carboxylic acids is 4. The van der Waals surface area contributed by atoms with Gasteiger partial charge in [0, 0.05) is 12.8 Å². The van der Waals surface area contributed by atoms with Gasteiger partial charge in [-0.05, 0) is 183 Å². The minimum Gasteiger partial charge on any atom is -0.506 e. The molecule has 16 heteroatoms. The Labute approximate surface area is 427 Å². The number of halogens is 2. The molecule has 0 radical (unpaired) electrons. The van der Waals surface area contributed by atoms with Crippen LogP contribution in [0.4, 0.5) is 0 Å². The fourth-order valence-corrected chi connectivity index (χ4v) is 14.3. The first kappa shape index (κ1) is 55.5. The molecule has 0 saturated heterocycles. The topological polar surface area (TPSA) is 248 Å². The maximum absolute atomic E-state index is 13.6. The van der Waals surface area contributed by atoms with Gasteiger partial charge < -0.3 is 41.3 Å². The number of nitrogens with one attached hydrogen (secondary N) is 2. The number of phenolic OH excluding ortho intramolecular Hbond substituents is 2. The van der Waals surface area contributed by atoms with Gasteiger partial charge in [-0.1, -0.05) is 83.2 Å². The van der Waals surface area contributed by atoms with Crippen LogP contribution in [0.3, 0.4) is 0 Å². The average Bonchev–Trinajstić information content (AvgIpc) is 3.66. The van der Waals surface area contributed by atoms with E-state index in [0.717, 1.165) is 61.2 Å². The summed E-state index contributed by atoms with van der Waals surface area (Å²) in [5, 5.41) is 63.9. The van der Waals surface area contributed by atoms with Crippen molar-refractivity contribution in [2.45, 2.75) is 162 Å². The predicted molar refractivity (Wildman–Crippen MR) is 271 cm³/mol. The van der Waals surface area contributed by atoms with Crippen LogP contribution in [0.2, 0.25) is 10.0 Å². The fraction of sp³-hybridized carbons (Fsp3) is 0.636. The Bertz CT molecular complexity index is 2260. The van der Waals surface area contributed by atoms with E-state index in [0.29, 0.717) is 29.2 Å². The van der Waals surface area contributed by atoms with Crippen LogP contribution in [-0.4, -0.2) is 78.4 Å². The van der Waals surface area contributed by atoms with Crippen molar-refractivity contribution in [3.63, 3.8) is 0 Å². The summed E-state index contributed by atoms with van der Waals surface area (Å²) >= 11 is 13.1. The SMILES string of the molecule is CC(C)CCCC(C)[C@H]1CCC2C3CCC4C[C@@H](CCC=C(c5cc(Cl)c(O)c(C(=O)N[C@@H](CCC(=O)O)C(=O)O)c5)c5cc(Cl)c(O)c(C(=O)N[C@@H](CCC(=O)O)C(=O)O)c5)CC[C@]4(C)C3CC[C@@]21C. The summed E-state index contributed by atoms with van der Waals surface area (Å²) in [5.74, 6) is -3.31. The minimum atomic E-state index is -1.61. The molecule has 4 fully saturated rings. The number of carbonyl (C=O) groups is 6. The van der Waals surface area contributed by atoms with E-state index in [1.807, 2.05) is 6.08 Å². The van der Waals surface area contributed by atoms with Gasteiger partial charge in [-0.25, -0.2) is 9.59 Å². The van der Waals surface area contributed by atoms with E-state index in [1.54, 1.807) is 0 Å². The number of hydrogen-bond donors (Lipinski definition) is 8. The summed E-state index contributed by atoms with van der Waals surface area (Å²) in [4.78, 5) is 73.8. The molecule has 6 rings (SSSR count). The van der Waals surface area contributed by atoms with Crippen LogP contribution in [-0.2, 0) is 19.2 Å². The maximum atomic E-state index is 13.6. The Morgan fingerprint density at radius 2 is 1.20 bits per heavy atom. The quantitative estimate of drug-likeness (QED) is 0.0549. The molecule has 4 aliphatic rings. The van der Waals surface area contributed by atoms with Crippen LogP contribution in [0.25, 0.3) is 5.57 Å². The molecule has 2 aromatic rings. The van der Waals surface area contributed by atoms with E-state index in [-0.39, 0.29) is 26.6 Å². The van der Waals surface area contributed by atoms with Crippen molar-refractivity contribution in [3.8, 4) is 11.5 Å². The molecule has 71 heavy (non-hydrogen) atoms. The zero-order chi connectivity index (χ0) is 52.1. The maximum Gasteiger partial charge on any atom is 0.326 e. The van der Waals surface area contributed by atoms with E-state index in [1.165, 1.54) is 82.1 Å². The molecule has 5 unspecified atom stereocenters. The number of allylic oxidation sites excluding steroid dienone is 1. The number of amides is 2. The molecule has 11 atom stereocenters. The second-order valence-electron chi connectivity index (χ2n) is 22.3. The van der Waals surface area contributed by atoms with Crippen molar-refractivity contribution in [2.75, 3.05) is 0 Å². The highest BCUT2D eigenvalue weighted by Crippen LogP contribution is 2.69. The molecule has 0 aromatic heterocycles. The Hall–Kier alpha value is -4.82. The Morgan fingerprint density at radius 3 is 1.70 bits per heavy atom. The van der Waals surface area contributed by atoms with Crippen LogP contribution in [0, 0.1) is 58.2 Å². The van der Waals surface area contributed by atoms with Gasteiger partial charge in [0.25, 0.3) is 11.8 Å². The van der Waals surface area contributed by atoms with Crippen molar-refractivity contribution < 1.29 is 59.4 Å². The number of aromatic hydroxyl groups is 2. The molecule has 2 aromatic carbocycles. The molecule has 0 heterocycles. The van der Waals surface area contributed by atoms with Crippen LogP contribution < -0.4 is 10.6 Å². The molecular formula is C55H74Cl2N2O12. The molecule has 14 nitrogen and oxygen atoms in total. The highest BCUT2D eigenvalue weighted by atomic mass is 35.5. The second-order valence-corrected chi connectivity index (χ2v) is 23.1. The van der Waals surface area contributed by atoms with E-state index in [4.69, 9.17) is 33.4 Å². The van der Waals surface area contributed by atoms with Gasteiger partial charge in [0.05, 0.1) is 21.2 Å². The molecule has 0 bridgehead atoms. The van der Waals surface area contributed by atoms with Crippen LogP contribution in [0.15, 0.2) is 30.3 Å². The number of benzene rings is 2. The lowest BCUT2D eigenvalue weighted by molar-refractivity contribution is -0.142. The number of hydrogen-bond acceptors (Lipinski definition) is 8. The average molecular weight is 1030 g/mol. The number of rotatable bonds is 22. The first-order valence-electron chi connectivity index (χ1n) is 25.7. The lowest BCUT2D eigenvalue weighted by atomic mass is 9.44. The van der Waals surface area contributed by atoms with Crippen molar-refractivity contribution in [1.82, 2.24) is 10.6 Å². The number of fused-ring (bicyclic) bond motifs is 5. The zero-order valence-electron chi connectivity index (χ0n) is 41.8. The van der Waals surface area contributed by atoms with E-state index in [9.17, 15) is 49.2 Å². The Kier molecular flexibility index (Phi) is 18.3. The lowest BCUT2D eigenvalue weighted by Gasteiger charge is -2.61. The van der Waals surface area contributed by atoms with E-state index in [2.05, 4.69) is 45.3 Å². The van der Waals surface area contributed by atoms with E-state index >= 15 is 0 Å². The fourth-order valence-electron chi connectivity index (χ4n) is 13.9. The van der Waals surface area contributed by atoms with Gasteiger partial charge in [0.15, 0.2) is 0 Å². The van der Waals surface area contributed by atoms with Gasteiger partial charge in [0.2, 0.25) is 0 Å². The third-order valence-corrected chi connectivity index (χ3v) is 18.2. The molecule has 0 spiro atoms. The largest absolute Gasteiger partial charge is 0.506 e.